The van der Waals surface area contributed by atoms with Crippen molar-refractivity contribution in [2.75, 3.05) is 0 Å². The lowest BCUT2D eigenvalue weighted by molar-refractivity contribution is 0.0968. The van der Waals surface area contributed by atoms with Crippen molar-refractivity contribution in [3.63, 3.8) is 0 Å². The maximum absolute atomic E-state index is 11.4. The first-order valence-electron chi connectivity index (χ1n) is 4.26. The molecule has 1 aliphatic carbocycles. The SMILES string of the molecule is CC1CCC(=O)c2ccncc21. The third-order valence-electron chi connectivity index (χ3n) is 2.49. The van der Waals surface area contributed by atoms with Gasteiger partial charge in [0.05, 0.1) is 0 Å². The van der Waals surface area contributed by atoms with Crippen molar-refractivity contribution < 1.29 is 4.79 Å². The maximum atomic E-state index is 11.4. The van der Waals surface area contributed by atoms with Crippen LogP contribution in [0.3, 0.4) is 0 Å². The Labute approximate surface area is 71.6 Å². The van der Waals surface area contributed by atoms with Gasteiger partial charge in [0.2, 0.25) is 0 Å². The second-order valence-electron chi connectivity index (χ2n) is 3.33. The molecule has 2 heteroatoms. The van der Waals surface area contributed by atoms with E-state index in [2.05, 4.69) is 11.9 Å². The first-order valence-corrected chi connectivity index (χ1v) is 4.26. The minimum absolute atomic E-state index is 0.269. The van der Waals surface area contributed by atoms with Crippen molar-refractivity contribution in [1.29, 1.82) is 0 Å². The van der Waals surface area contributed by atoms with Crippen LogP contribution in [0.25, 0.3) is 0 Å². The van der Waals surface area contributed by atoms with Gasteiger partial charge in [0, 0.05) is 24.4 Å². The average Bonchev–Trinajstić information content (AvgIpc) is 2.12. The summed E-state index contributed by atoms with van der Waals surface area (Å²) in [5, 5.41) is 0. The van der Waals surface area contributed by atoms with E-state index in [1.54, 1.807) is 6.20 Å². The van der Waals surface area contributed by atoms with E-state index >= 15 is 0 Å². The van der Waals surface area contributed by atoms with Gasteiger partial charge in [-0.3, -0.25) is 9.78 Å². The van der Waals surface area contributed by atoms with E-state index in [-0.39, 0.29) is 5.78 Å². The molecule has 0 amide bonds. The molecule has 0 saturated carbocycles. The third kappa shape index (κ3) is 1.04. The lowest BCUT2D eigenvalue weighted by atomic mass is 9.85. The van der Waals surface area contributed by atoms with Crippen LogP contribution in [0.4, 0.5) is 0 Å². The van der Waals surface area contributed by atoms with Crippen molar-refractivity contribution in [1.82, 2.24) is 4.98 Å². The Kier molecular flexibility index (Phi) is 1.68. The molecular weight excluding hydrogens is 150 g/mol. The number of nitrogens with zero attached hydrogens (tertiary/aromatic N) is 1. The fourth-order valence-corrected chi connectivity index (χ4v) is 1.69. The molecule has 1 unspecified atom stereocenters. The van der Waals surface area contributed by atoms with Crippen LogP contribution >= 0.6 is 0 Å². The summed E-state index contributed by atoms with van der Waals surface area (Å²) >= 11 is 0. The second kappa shape index (κ2) is 2.70. The van der Waals surface area contributed by atoms with Gasteiger partial charge in [-0.1, -0.05) is 6.92 Å². The van der Waals surface area contributed by atoms with E-state index in [0.717, 1.165) is 17.5 Å². The number of fused-ring (bicyclic) bond motifs is 1. The third-order valence-corrected chi connectivity index (χ3v) is 2.49. The van der Waals surface area contributed by atoms with Gasteiger partial charge >= 0.3 is 0 Å². The number of carbonyl (C=O) groups excluding carboxylic acids is 1. The highest BCUT2D eigenvalue weighted by Crippen LogP contribution is 2.29. The number of carbonyl (C=O) groups is 1. The standard InChI is InChI=1S/C10H11NO/c1-7-2-3-10(12)8-4-5-11-6-9(7)8/h4-7H,2-3H2,1H3. The highest BCUT2D eigenvalue weighted by molar-refractivity contribution is 5.98. The first kappa shape index (κ1) is 7.47. The predicted octanol–water partition coefficient (Wildman–Crippen LogP) is 2.16. The van der Waals surface area contributed by atoms with Crippen LogP contribution in [0, 0.1) is 0 Å². The molecule has 1 heterocycles. The van der Waals surface area contributed by atoms with E-state index in [1.807, 2.05) is 12.3 Å². The molecule has 0 N–H and O–H groups in total. The lowest BCUT2D eigenvalue weighted by Gasteiger charge is -2.19. The van der Waals surface area contributed by atoms with Crippen LogP contribution in [0.2, 0.25) is 0 Å². The quantitative estimate of drug-likeness (QED) is 0.583. The monoisotopic (exact) mass is 161 g/mol. The largest absolute Gasteiger partial charge is 0.294 e. The molecule has 12 heavy (non-hydrogen) atoms. The molecule has 2 rings (SSSR count). The zero-order valence-corrected chi connectivity index (χ0v) is 7.08. The molecule has 0 aliphatic heterocycles. The average molecular weight is 161 g/mol. The maximum Gasteiger partial charge on any atom is 0.163 e. The summed E-state index contributed by atoms with van der Waals surface area (Å²) in [5.41, 5.74) is 2.00. The predicted molar refractivity (Wildman–Crippen MR) is 46.2 cm³/mol. The van der Waals surface area contributed by atoms with E-state index in [9.17, 15) is 4.79 Å². The van der Waals surface area contributed by atoms with Gasteiger partial charge in [-0.2, -0.15) is 0 Å². The first-order chi connectivity index (χ1) is 5.79. The summed E-state index contributed by atoms with van der Waals surface area (Å²) in [6.45, 7) is 2.15. The number of rotatable bonds is 0. The van der Waals surface area contributed by atoms with Crippen molar-refractivity contribution in [3.05, 3.63) is 29.6 Å². The Morgan fingerprint density at radius 3 is 3.17 bits per heavy atom. The van der Waals surface area contributed by atoms with Crippen LogP contribution in [0.1, 0.15) is 41.6 Å². The Hall–Kier alpha value is -1.18. The zero-order valence-electron chi connectivity index (χ0n) is 7.08. The molecule has 0 fully saturated rings. The minimum Gasteiger partial charge on any atom is -0.294 e. The summed E-state index contributed by atoms with van der Waals surface area (Å²) < 4.78 is 0. The van der Waals surface area contributed by atoms with Crippen molar-refractivity contribution >= 4 is 5.78 Å². The van der Waals surface area contributed by atoms with E-state index < -0.39 is 0 Å². The Morgan fingerprint density at radius 1 is 1.58 bits per heavy atom. The zero-order chi connectivity index (χ0) is 8.55. The van der Waals surface area contributed by atoms with Gasteiger partial charge in [-0.25, -0.2) is 0 Å². The number of aromatic nitrogens is 1. The smallest absolute Gasteiger partial charge is 0.163 e. The highest BCUT2D eigenvalue weighted by atomic mass is 16.1. The van der Waals surface area contributed by atoms with Gasteiger partial charge < -0.3 is 0 Å². The van der Waals surface area contributed by atoms with Crippen LogP contribution in [0.5, 0.6) is 0 Å². The molecular formula is C10H11NO. The molecule has 0 bridgehead atoms. The van der Waals surface area contributed by atoms with Crippen LogP contribution in [-0.2, 0) is 0 Å². The molecule has 2 nitrogen and oxygen atoms in total. The van der Waals surface area contributed by atoms with Crippen molar-refractivity contribution in [2.45, 2.75) is 25.7 Å². The van der Waals surface area contributed by atoms with Crippen molar-refractivity contribution in [2.24, 2.45) is 0 Å². The molecule has 0 saturated heterocycles. The lowest BCUT2D eigenvalue weighted by Crippen LogP contribution is -2.13. The van der Waals surface area contributed by atoms with Gasteiger partial charge in [-0.05, 0) is 24.0 Å². The number of ketones is 1. The molecule has 1 atom stereocenters. The molecule has 1 aliphatic rings. The van der Waals surface area contributed by atoms with Crippen LogP contribution < -0.4 is 0 Å². The molecule has 1 aromatic heterocycles. The fourth-order valence-electron chi connectivity index (χ4n) is 1.69. The number of Topliss-reactive ketones (excluding diaryl/α,β-unsaturated/α-hetero) is 1. The van der Waals surface area contributed by atoms with Crippen LogP contribution in [-0.4, -0.2) is 10.8 Å². The van der Waals surface area contributed by atoms with Gasteiger partial charge in [0.15, 0.2) is 5.78 Å². The summed E-state index contributed by atoms with van der Waals surface area (Å²) in [5.74, 6) is 0.761. The molecule has 0 spiro atoms. The topological polar surface area (TPSA) is 30.0 Å². The molecule has 1 aromatic rings. The Balaban J connectivity index is 2.55. The van der Waals surface area contributed by atoms with Gasteiger partial charge in [0.25, 0.3) is 0 Å². The molecule has 0 radical (unpaired) electrons. The molecule has 0 aromatic carbocycles. The second-order valence-corrected chi connectivity index (χ2v) is 3.33. The number of hydrogen-bond donors (Lipinski definition) is 0. The summed E-state index contributed by atoms with van der Waals surface area (Å²) in [7, 11) is 0. The van der Waals surface area contributed by atoms with Crippen molar-refractivity contribution in [3.8, 4) is 0 Å². The minimum atomic E-state index is 0.269. The van der Waals surface area contributed by atoms with Gasteiger partial charge in [0.1, 0.15) is 0 Å². The highest BCUT2D eigenvalue weighted by Gasteiger charge is 2.21. The van der Waals surface area contributed by atoms with E-state index in [1.165, 1.54) is 0 Å². The fraction of sp³-hybridized carbons (Fsp3) is 0.400. The Morgan fingerprint density at radius 2 is 2.42 bits per heavy atom. The van der Waals surface area contributed by atoms with E-state index in [4.69, 9.17) is 0 Å². The summed E-state index contributed by atoms with van der Waals surface area (Å²) in [6.07, 6.45) is 5.17. The normalized spacial score (nSPS) is 22.1. The van der Waals surface area contributed by atoms with E-state index in [0.29, 0.717) is 12.3 Å². The number of pyridine rings is 1. The summed E-state index contributed by atoms with van der Waals surface area (Å²) in [6, 6.07) is 1.83. The number of hydrogen-bond acceptors (Lipinski definition) is 2. The van der Waals surface area contributed by atoms with Gasteiger partial charge in [-0.15, -0.1) is 0 Å². The molecule has 62 valence electrons. The summed E-state index contributed by atoms with van der Waals surface area (Å²) in [4.78, 5) is 15.4. The Bertz CT molecular complexity index is 319. The van der Waals surface area contributed by atoms with Crippen LogP contribution in [0.15, 0.2) is 18.5 Å².